The van der Waals surface area contributed by atoms with E-state index < -0.39 is 28.2 Å². The van der Waals surface area contributed by atoms with Gasteiger partial charge < -0.3 is 4.74 Å². The van der Waals surface area contributed by atoms with Crippen LogP contribution in [0.15, 0.2) is 36.8 Å². The van der Waals surface area contributed by atoms with Crippen LogP contribution in [0.5, 0.6) is 0 Å². The number of amides is 1. The number of carbonyl (C=O) groups excluding carboxylic acids is 1. The summed E-state index contributed by atoms with van der Waals surface area (Å²) >= 11 is 16.3. The third-order valence-corrected chi connectivity index (χ3v) is 3.08. The zero-order valence-corrected chi connectivity index (χ0v) is 14.4. The smallest absolute Gasteiger partial charge is 0.417 e. The number of hydrogen-bond donors (Lipinski definition) is 1. The molecule has 0 aromatic carbocycles. The number of anilines is 1. The highest BCUT2D eigenvalue weighted by Crippen LogP contribution is 2.34. The van der Waals surface area contributed by atoms with Gasteiger partial charge in [0.05, 0.1) is 16.9 Å². The molecule has 2 aromatic heterocycles. The second kappa shape index (κ2) is 7.63. The third kappa shape index (κ3) is 5.91. The SMILES string of the molecule is O=C(Nc1cc(C(F)(F)F)cnc1-c1cccnc1)OCC(Cl)(Cl)Cl. The molecule has 1 amide bonds. The largest absolute Gasteiger partial charge is 0.445 e. The van der Waals surface area contributed by atoms with E-state index in [4.69, 9.17) is 34.8 Å². The Kier molecular flexibility index (Phi) is 5.97. The highest BCUT2D eigenvalue weighted by atomic mass is 35.6. The van der Waals surface area contributed by atoms with E-state index in [-0.39, 0.29) is 11.4 Å². The lowest BCUT2D eigenvalue weighted by Gasteiger charge is -2.15. The van der Waals surface area contributed by atoms with Crippen molar-refractivity contribution in [1.82, 2.24) is 9.97 Å². The van der Waals surface area contributed by atoms with Crippen molar-refractivity contribution in [2.75, 3.05) is 11.9 Å². The van der Waals surface area contributed by atoms with Gasteiger partial charge in [0.2, 0.25) is 3.79 Å². The van der Waals surface area contributed by atoms with Gasteiger partial charge in [0.1, 0.15) is 6.61 Å². The number of alkyl halides is 6. The monoisotopic (exact) mass is 413 g/mol. The summed E-state index contributed by atoms with van der Waals surface area (Å²) in [5.74, 6) is 0. The van der Waals surface area contributed by atoms with Gasteiger partial charge in [-0.05, 0) is 18.2 Å². The van der Waals surface area contributed by atoms with Gasteiger partial charge in [0.15, 0.2) is 0 Å². The van der Waals surface area contributed by atoms with Gasteiger partial charge >= 0.3 is 12.3 Å². The van der Waals surface area contributed by atoms with Crippen LogP contribution in [0.1, 0.15) is 5.56 Å². The number of rotatable bonds is 3. The van der Waals surface area contributed by atoms with Crippen LogP contribution in [0.3, 0.4) is 0 Å². The molecule has 0 atom stereocenters. The maximum Gasteiger partial charge on any atom is 0.417 e. The van der Waals surface area contributed by atoms with Crippen molar-refractivity contribution in [3.05, 3.63) is 42.4 Å². The van der Waals surface area contributed by atoms with Crippen molar-refractivity contribution in [3.63, 3.8) is 0 Å². The van der Waals surface area contributed by atoms with Crippen molar-refractivity contribution < 1.29 is 22.7 Å². The lowest BCUT2D eigenvalue weighted by Crippen LogP contribution is -2.22. The minimum atomic E-state index is -4.64. The molecule has 0 unspecified atom stereocenters. The first-order valence-electron chi connectivity index (χ1n) is 6.54. The van der Waals surface area contributed by atoms with Crippen LogP contribution >= 0.6 is 34.8 Å². The molecule has 134 valence electrons. The number of nitrogens with one attached hydrogen (secondary N) is 1. The van der Waals surface area contributed by atoms with Gasteiger partial charge in [0, 0.05) is 24.2 Å². The van der Waals surface area contributed by atoms with Crippen LogP contribution in [-0.2, 0) is 10.9 Å². The van der Waals surface area contributed by atoms with Crippen LogP contribution in [0.4, 0.5) is 23.7 Å². The molecule has 0 spiro atoms. The molecule has 11 heteroatoms. The Labute approximate surface area is 155 Å². The second-order valence-corrected chi connectivity index (χ2v) is 7.19. The van der Waals surface area contributed by atoms with Crippen LogP contribution in [0.25, 0.3) is 11.3 Å². The number of halogens is 6. The van der Waals surface area contributed by atoms with Gasteiger partial charge in [-0.3, -0.25) is 15.3 Å². The lowest BCUT2D eigenvalue weighted by molar-refractivity contribution is -0.137. The van der Waals surface area contributed by atoms with Gasteiger partial charge in [-0.25, -0.2) is 4.79 Å². The van der Waals surface area contributed by atoms with E-state index in [1.165, 1.54) is 12.4 Å². The van der Waals surface area contributed by atoms with Crippen LogP contribution in [-0.4, -0.2) is 26.5 Å². The Hall–Kier alpha value is -1.77. The lowest BCUT2D eigenvalue weighted by atomic mass is 10.1. The highest BCUT2D eigenvalue weighted by molar-refractivity contribution is 6.67. The Morgan fingerprint density at radius 2 is 1.96 bits per heavy atom. The fourth-order valence-corrected chi connectivity index (χ4v) is 1.91. The molecule has 1 N–H and O–H groups in total. The molecule has 0 aliphatic heterocycles. The predicted octanol–water partition coefficient (Wildman–Crippen LogP) is 5.08. The van der Waals surface area contributed by atoms with Gasteiger partial charge in [0.25, 0.3) is 0 Å². The van der Waals surface area contributed by atoms with Crippen LogP contribution < -0.4 is 5.32 Å². The Bertz CT molecular complexity index is 752. The van der Waals surface area contributed by atoms with Gasteiger partial charge in [-0.1, -0.05) is 34.8 Å². The molecular weight excluding hydrogens is 406 g/mol. The summed E-state index contributed by atoms with van der Waals surface area (Å²) < 4.78 is 41.5. The van der Waals surface area contributed by atoms with Crippen molar-refractivity contribution in [2.24, 2.45) is 0 Å². The number of carbonyl (C=O) groups is 1. The molecule has 0 aliphatic rings. The minimum absolute atomic E-state index is 0.0759. The van der Waals surface area contributed by atoms with Crippen LogP contribution in [0, 0.1) is 0 Å². The van der Waals surface area contributed by atoms with Crippen molar-refractivity contribution in [3.8, 4) is 11.3 Å². The van der Waals surface area contributed by atoms with Crippen LogP contribution in [0.2, 0.25) is 0 Å². The molecule has 25 heavy (non-hydrogen) atoms. The maximum atomic E-state index is 12.9. The van der Waals surface area contributed by atoms with Crippen molar-refractivity contribution in [1.29, 1.82) is 0 Å². The zero-order valence-electron chi connectivity index (χ0n) is 12.1. The van der Waals surface area contributed by atoms with Crippen molar-refractivity contribution in [2.45, 2.75) is 9.97 Å². The van der Waals surface area contributed by atoms with E-state index in [9.17, 15) is 18.0 Å². The predicted molar refractivity (Wildman–Crippen MR) is 87.7 cm³/mol. The number of nitrogens with zero attached hydrogens (tertiary/aromatic N) is 2. The molecule has 2 rings (SSSR count). The Morgan fingerprint density at radius 1 is 1.24 bits per heavy atom. The number of aromatic nitrogens is 2. The first-order chi connectivity index (χ1) is 11.6. The summed E-state index contributed by atoms with van der Waals surface area (Å²) in [6, 6.07) is 3.87. The summed E-state index contributed by atoms with van der Waals surface area (Å²) in [6.07, 6.45) is -2.22. The number of hydrogen-bond acceptors (Lipinski definition) is 4. The molecule has 2 heterocycles. The maximum absolute atomic E-state index is 12.9. The van der Waals surface area contributed by atoms with E-state index in [0.717, 1.165) is 6.07 Å². The minimum Gasteiger partial charge on any atom is -0.445 e. The number of ether oxygens (including phenoxy) is 1. The summed E-state index contributed by atoms with van der Waals surface area (Å²) in [5.41, 5.74) is -0.797. The topological polar surface area (TPSA) is 64.1 Å². The molecule has 2 aromatic rings. The van der Waals surface area contributed by atoms with E-state index in [1.807, 2.05) is 0 Å². The molecule has 0 radical (unpaired) electrons. The molecular formula is C14H9Cl3F3N3O2. The molecule has 0 aliphatic carbocycles. The summed E-state index contributed by atoms with van der Waals surface area (Å²) in [7, 11) is 0. The number of pyridine rings is 2. The van der Waals surface area contributed by atoms with Gasteiger partial charge in [-0.15, -0.1) is 0 Å². The zero-order chi connectivity index (χ0) is 18.7. The van der Waals surface area contributed by atoms with E-state index >= 15 is 0 Å². The molecule has 0 saturated carbocycles. The normalized spacial score (nSPS) is 11.9. The average Bonchev–Trinajstić information content (AvgIpc) is 2.52. The third-order valence-electron chi connectivity index (χ3n) is 2.75. The highest BCUT2D eigenvalue weighted by Gasteiger charge is 2.32. The second-order valence-electron chi connectivity index (χ2n) is 4.68. The fourth-order valence-electron chi connectivity index (χ4n) is 1.74. The molecule has 0 bridgehead atoms. The standard InChI is InChI=1S/C14H9Cl3F3N3O2/c15-13(16,17)7-25-12(24)23-10-4-9(14(18,19)20)6-22-11(10)8-2-1-3-21-5-8/h1-6H,7H2,(H,23,24). The van der Waals surface area contributed by atoms with E-state index in [2.05, 4.69) is 20.0 Å². The average molecular weight is 415 g/mol. The summed E-state index contributed by atoms with van der Waals surface area (Å²) in [5, 5.41) is 2.17. The fraction of sp³-hybridized carbons (Fsp3) is 0.214. The van der Waals surface area contributed by atoms with E-state index in [1.54, 1.807) is 12.1 Å². The quantitative estimate of drug-likeness (QED) is 0.711. The first-order valence-corrected chi connectivity index (χ1v) is 7.68. The molecule has 0 saturated heterocycles. The Balaban J connectivity index is 2.33. The van der Waals surface area contributed by atoms with Gasteiger partial charge in [-0.2, -0.15) is 13.2 Å². The Morgan fingerprint density at radius 3 is 2.52 bits per heavy atom. The van der Waals surface area contributed by atoms with Crippen molar-refractivity contribution >= 4 is 46.6 Å². The molecule has 5 nitrogen and oxygen atoms in total. The first kappa shape index (κ1) is 19.6. The molecule has 0 fully saturated rings. The summed E-state index contributed by atoms with van der Waals surface area (Å²) in [6.45, 7) is -0.585. The van der Waals surface area contributed by atoms with E-state index in [0.29, 0.717) is 11.8 Å². The summed E-state index contributed by atoms with van der Waals surface area (Å²) in [4.78, 5) is 19.4.